The fourth-order valence-corrected chi connectivity index (χ4v) is 2.15. The second kappa shape index (κ2) is 5.18. The summed E-state index contributed by atoms with van der Waals surface area (Å²) >= 11 is 12.2. The first-order valence-corrected chi connectivity index (χ1v) is 5.74. The van der Waals surface area contributed by atoms with Crippen LogP contribution in [-0.2, 0) is 6.42 Å². The lowest BCUT2D eigenvalue weighted by atomic mass is 10.1. The van der Waals surface area contributed by atoms with Gasteiger partial charge < -0.3 is 0 Å². The second-order valence-electron chi connectivity index (χ2n) is 3.47. The molecule has 0 atom stereocenters. The molecule has 0 fully saturated rings. The van der Waals surface area contributed by atoms with E-state index in [2.05, 4.69) is 11.1 Å². The standard InChI is InChI=1S/C13H8Cl2N2/c14-11-2-1-3-12(15)13(11)9-4-5-10(6-7-16)17-8-9/h1-5,8H,6H2. The summed E-state index contributed by atoms with van der Waals surface area (Å²) in [5.41, 5.74) is 2.36. The van der Waals surface area contributed by atoms with E-state index in [-0.39, 0.29) is 0 Å². The number of pyridine rings is 1. The molecule has 2 nitrogen and oxygen atoms in total. The van der Waals surface area contributed by atoms with Crippen LogP contribution in [-0.4, -0.2) is 4.98 Å². The highest BCUT2D eigenvalue weighted by Crippen LogP contribution is 2.33. The molecule has 0 spiro atoms. The maximum Gasteiger partial charge on any atom is 0.0774 e. The normalized spacial score (nSPS) is 9.94. The van der Waals surface area contributed by atoms with Crippen molar-refractivity contribution in [2.24, 2.45) is 0 Å². The van der Waals surface area contributed by atoms with E-state index in [0.717, 1.165) is 16.8 Å². The Morgan fingerprint density at radius 1 is 1.12 bits per heavy atom. The van der Waals surface area contributed by atoms with E-state index in [4.69, 9.17) is 28.5 Å². The van der Waals surface area contributed by atoms with Crippen molar-refractivity contribution in [3.8, 4) is 17.2 Å². The quantitative estimate of drug-likeness (QED) is 0.817. The van der Waals surface area contributed by atoms with Crippen molar-refractivity contribution in [1.82, 2.24) is 4.98 Å². The summed E-state index contributed by atoms with van der Waals surface area (Å²) in [6.07, 6.45) is 1.98. The minimum atomic E-state index is 0.302. The van der Waals surface area contributed by atoms with Crippen LogP contribution in [0.5, 0.6) is 0 Å². The smallest absolute Gasteiger partial charge is 0.0774 e. The molecule has 0 bridgehead atoms. The second-order valence-corrected chi connectivity index (χ2v) is 4.28. The maximum atomic E-state index is 8.56. The van der Waals surface area contributed by atoms with Crippen molar-refractivity contribution in [2.75, 3.05) is 0 Å². The Morgan fingerprint density at radius 3 is 2.35 bits per heavy atom. The molecular weight excluding hydrogens is 255 g/mol. The van der Waals surface area contributed by atoms with Crippen molar-refractivity contribution in [2.45, 2.75) is 6.42 Å². The van der Waals surface area contributed by atoms with Crippen LogP contribution in [0.25, 0.3) is 11.1 Å². The third-order valence-electron chi connectivity index (χ3n) is 2.34. The molecule has 0 saturated carbocycles. The molecule has 0 radical (unpaired) electrons. The van der Waals surface area contributed by atoms with Gasteiger partial charge in [-0.15, -0.1) is 0 Å². The molecule has 84 valence electrons. The molecule has 0 aliphatic heterocycles. The Morgan fingerprint density at radius 2 is 1.82 bits per heavy atom. The van der Waals surface area contributed by atoms with E-state index in [9.17, 15) is 0 Å². The van der Waals surface area contributed by atoms with Crippen LogP contribution >= 0.6 is 23.2 Å². The highest BCUT2D eigenvalue weighted by atomic mass is 35.5. The number of rotatable bonds is 2. The molecule has 0 amide bonds. The van der Waals surface area contributed by atoms with Crippen molar-refractivity contribution >= 4 is 23.2 Å². The van der Waals surface area contributed by atoms with Crippen molar-refractivity contribution in [3.63, 3.8) is 0 Å². The average molecular weight is 263 g/mol. The zero-order valence-corrected chi connectivity index (χ0v) is 10.3. The molecule has 17 heavy (non-hydrogen) atoms. The van der Waals surface area contributed by atoms with Crippen LogP contribution in [0.4, 0.5) is 0 Å². The summed E-state index contributed by atoms with van der Waals surface area (Å²) in [6, 6.07) is 11.1. The lowest BCUT2D eigenvalue weighted by Gasteiger charge is -2.06. The fourth-order valence-electron chi connectivity index (χ4n) is 1.53. The van der Waals surface area contributed by atoms with Gasteiger partial charge in [0.25, 0.3) is 0 Å². The van der Waals surface area contributed by atoms with Crippen LogP contribution < -0.4 is 0 Å². The Hall–Kier alpha value is -1.56. The largest absolute Gasteiger partial charge is 0.260 e. The van der Waals surface area contributed by atoms with Crippen LogP contribution in [0.2, 0.25) is 10.0 Å². The molecule has 0 unspecified atom stereocenters. The summed E-state index contributed by atoms with van der Waals surface area (Å²) in [5.74, 6) is 0. The molecule has 0 aliphatic carbocycles. The molecule has 0 aliphatic rings. The zero-order valence-electron chi connectivity index (χ0n) is 8.82. The molecule has 2 aromatic rings. The van der Waals surface area contributed by atoms with Gasteiger partial charge in [0.2, 0.25) is 0 Å². The highest BCUT2D eigenvalue weighted by Gasteiger charge is 2.08. The first-order chi connectivity index (χ1) is 8.22. The summed E-state index contributed by atoms with van der Waals surface area (Å²) in [5, 5.41) is 9.74. The molecular formula is C13H8Cl2N2. The molecule has 4 heteroatoms. The predicted molar refractivity (Wildman–Crippen MR) is 69.0 cm³/mol. The number of aromatic nitrogens is 1. The molecule has 1 heterocycles. The number of benzene rings is 1. The monoisotopic (exact) mass is 262 g/mol. The summed E-state index contributed by atoms with van der Waals surface area (Å²) in [4.78, 5) is 4.19. The molecule has 1 aromatic heterocycles. The van der Waals surface area contributed by atoms with Crippen LogP contribution in [0.1, 0.15) is 5.69 Å². The van der Waals surface area contributed by atoms with Gasteiger partial charge in [0.15, 0.2) is 0 Å². The van der Waals surface area contributed by atoms with Gasteiger partial charge in [-0.25, -0.2) is 0 Å². The Bertz CT molecular complexity index is 551. The van der Waals surface area contributed by atoms with Gasteiger partial charge in [-0.2, -0.15) is 5.26 Å². The molecule has 2 rings (SSSR count). The number of hydrogen-bond acceptors (Lipinski definition) is 2. The van der Waals surface area contributed by atoms with E-state index in [1.165, 1.54) is 0 Å². The van der Waals surface area contributed by atoms with Crippen LogP contribution in [0.3, 0.4) is 0 Å². The Kier molecular flexibility index (Phi) is 3.63. The molecule has 0 saturated heterocycles. The minimum Gasteiger partial charge on any atom is -0.260 e. The van der Waals surface area contributed by atoms with E-state index in [1.807, 2.05) is 6.07 Å². The topological polar surface area (TPSA) is 36.7 Å². The molecule has 1 aromatic carbocycles. The summed E-state index contributed by atoms with van der Waals surface area (Å²) in [6.45, 7) is 0. The van der Waals surface area contributed by atoms with E-state index in [1.54, 1.807) is 30.5 Å². The van der Waals surface area contributed by atoms with Gasteiger partial charge in [-0.05, 0) is 18.2 Å². The van der Waals surface area contributed by atoms with Gasteiger partial charge in [-0.1, -0.05) is 35.3 Å². The van der Waals surface area contributed by atoms with Crippen molar-refractivity contribution in [3.05, 3.63) is 52.3 Å². The van der Waals surface area contributed by atoms with Crippen LogP contribution in [0.15, 0.2) is 36.5 Å². The average Bonchev–Trinajstić information content (AvgIpc) is 2.31. The van der Waals surface area contributed by atoms with Gasteiger partial charge in [0.05, 0.1) is 18.2 Å². The number of halogens is 2. The Balaban J connectivity index is 2.44. The lowest BCUT2D eigenvalue weighted by Crippen LogP contribution is -1.89. The van der Waals surface area contributed by atoms with Crippen molar-refractivity contribution in [1.29, 1.82) is 5.26 Å². The number of nitriles is 1. The summed E-state index contributed by atoms with van der Waals surface area (Å²) in [7, 11) is 0. The number of hydrogen-bond donors (Lipinski definition) is 0. The zero-order chi connectivity index (χ0) is 12.3. The van der Waals surface area contributed by atoms with Crippen molar-refractivity contribution < 1.29 is 0 Å². The first kappa shape index (κ1) is 11.9. The lowest BCUT2D eigenvalue weighted by molar-refractivity contribution is 1.12. The fraction of sp³-hybridized carbons (Fsp3) is 0.0769. The Labute approximate surface area is 109 Å². The maximum absolute atomic E-state index is 8.56. The van der Waals surface area contributed by atoms with Gasteiger partial charge in [-0.3, -0.25) is 4.98 Å². The highest BCUT2D eigenvalue weighted by molar-refractivity contribution is 6.39. The van der Waals surface area contributed by atoms with Crippen LogP contribution in [0, 0.1) is 11.3 Å². The third-order valence-corrected chi connectivity index (χ3v) is 2.97. The third kappa shape index (κ3) is 2.58. The molecule has 0 N–H and O–H groups in total. The summed E-state index contributed by atoms with van der Waals surface area (Å²) < 4.78 is 0. The van der Waals surface area contributed by atoms with Gasteiger partial charge in [0.1, 0.15) is 0 Å². The van der Waals surface area contributed by atoms with Gasteiger partial charge >= 0.3 is 0 Å². The van der Waals surface area contributed by atoms with E-state index < -0.39 is 0 Å². The first-order valence-electron chi connectivity index (χ1n) is 4.98. The van der Waals surface area contributed by atoms with E-state index >= 15 is 0 Å². The van der Waals surface area contributed by atoms with E-state index in [0.29, 0.717) is 16.5 Å². The predicted octanol–water partition coefficient (Wildman–Crippen LogP) is 4.12. The minimum absolute atomic E-state index is 0.302. The SMILES string of the molecule is N#CCc1ccc(-c2c(Cl)cccc2Cl)cn1. The van der Waals surface area contributed by atoms with Gasteiger partial charge in [0, 0.05) is 27.4 Å². The number of nitrogens with zero attached hydrogens (tertiary/aromatic N) is 2.